The van der Waals surface area contributed by atoms with Gasteiger partial charge in [0, 0.05) is 37.0 Å². The van der Waals surface area contributed by atoms with E-state index in [1.165, 1.54) is 25.3 Å². The van der Waals surface area contributed by atoms with E-state index in [1.54, 1.807) is 0 Å². The average molecular weight is 405 g/mol. The van der Waals surface area contributed by atoms with Crippen molar-refractivity contribution in [1.82, 2.24) is 9.88 Å². The highest BCUT2D eigenvalue weighted by Crippen LogP contribution is 2.25. The summed E-state index contributed by atoms with van der Waals surface area (Å²) >= 11 is 0. The van der Waals surface area contributed by atoms with Gasteiger partial charge in [-0.25, -0.2) is 18.6 Å². The van der Waals surface area contributed by atoms with E-state index in [4.69, 9.17) is 9.84 Å². The van der Waals surface area contributed by atoms with Crippen LogP contribution in [0.2, 0.25) is 0 Å². The SMILES string of the molecule is CCN(CC(O)C(F)(F)F)C(=O)Nc1cc(Oc2cc(F)cc(F)c2)ccn1. The number of aromatic nitrogens is 1. The van der Waals surface area contributed by atoms with Gasteiger partial charge in [0.25, 0.3) is 0 Å². The van der Waals surface area contributed by atoms with Gasteiger partial charge in [0.1, 0.15) is 29.0 Å². The Morgan fingerprint density at radius 3 is 2.43 bits per heavy atom. The zero-order valence-corrected chi connectivity index (χ0v) is 14.5. The van der Waals surface area contributed by atoms with E-state index < -0.39 is 36.5 Å². The summed E-state index contributed by atoms with van der Waals surface area (Å²) in [7, 11) is 0. The number of nitrogens with zero attached hydrogens (tertiary/aromatic N) is 2. The first-order valence-corrected chi connectivity index (χ1v) is 7.99. The van der Waals surface area contributed by atoms with Gasteiger partial charge in [-0.15, -0.1) is 0 Å². The van der Waals surface area contributed by atoms with Crippen molar-refractivity contribution in [3.8, 4) is 11.5 Å². The minimum Gasteiger partial charge on any atom is -0.457 e. The smallest absolute Gasteiger partial charge is 0.416 e. The minimum atomic E-state index is -4.86. The molecule has 1 unspecified atom stereocenters. The third-order valence-electron chi connectivity index (χ3n) is 3.48. The molecule has 11 heteroatoms. The van der Waals surface area contributed by atoms with Crippen LogP contribution in [-0.4, -0.2) is 46.4 Å². The van der Waals surface area contributed by atoms with Crippen molar-refractivity contribution >= 4 is 11.8 Å². The summed E-state index contributed by atoms with van der Waals surface area (Å²) < 4.78 is 69.1. The van der Waals surface area contributed by atoms with E-state index in [0.29, 0.717) is 6.07 Å². The summed E-state index contributed by atoms with van der Waals surface area (Å²) in [5.41, 5.74) is 0. The van der Waals surface area contributed by atoms with E-state index in [0.717, 1.165) is 17.0 Å². The van der Waals surface area contributed by atoms with Crippen LogP contribution in [0, 0.1) is 11.6 Å². The molecule has 0 aliphatic heterocycles. The molecule has 2 amide bonds. The number of aliphatic hydroxyl groups is 1. The molecular weight excluding hydrogens is 389 g/mol. The number of benzene rings is 1. The summed E-state index contributed by atoms with van der Waals surface area (Å²) in [6.07, 6.45) is -6.33. The highest BCUT2D eigenvalue weighted by Gasteiger charge is 2.39. The maximum absolute atomic E-state index is 13.2. The lowest BCUT2D eigenvalue weighted by molar-refractivity contribution is -0.206. The lowest BCUT2D eigenvalue weighted by atomic mass is 10.3. The molecular formula is C17H16F5N3O3. The standard InChI is InChI=1S/C17H16F5N3O3/c1-2-25(9-14(26)17(20,21)22)16(27)24-15-8-12(3-4-23-15)28-13-6-10(18)5-11(19)7-13/h3-8,14,26H,2,9H2,1H3,(H,23,24,27). The lowest BCUT2D eigenvalue weighted by Gasteiger charge is -2.25. The van der Waals surface area contributed by atoms with Crippen molar-refractivity contribution in [1.29, 1.82) is 0 Å². The second-order valence-corrected chi connectivity index (χ2v) is 5.61. The largest absolute Gasteiger partial charge is 0.457 e. The number of rotatable bonds is 6. The van der Waals surface area contributed by atoms with Crippen LogP contribution in [0.25, 0.3) is 0 Å². The van der Waals surface area contributed by atoms with Gasteiger partial charge < -0.3 is 14.7 Å². The normalized spacial score (nSPS) is 12.4. The highest BCUT2D eigenvalue weighted by atomic mass is 19.4. The fraction of sp³-hybridized carbons (Fsp3) is 0.294. The first-order chi connectivity index (χ1) is 13.1. The zero-order valence-electron chi connectivity index (χ0n) is 14.5. The van der Waals surface area contributed by atoms with Gasteiger partial charge in [0.05, 0.1) is 6.54 Å². The molecule has 0 spiro atoms. The zero-order chi connectivity index (χ0) is 20.9. The second-order valence-electron chi connectivity index (χ2n) is 5.61. The number of alkyl halides is 3. The summed E-state index contributed by atoms with van der Waals surface area (Å²) in [5, 5.41) is 11.4. The Morgan fingerprint density at radius 1 is 1.21 bits per heavy atom. The Morgan fingerprint density at radius 2 is 1.86 bits per heavy atom. The fourth-order valence-electron chi connectivity index (χ4n) is 2.12. The van der Waals surface area contributed by atoms with Gasteiger partial charge in [-0.3, -0.25) is 5.32 Å². The number of amides is 2. The van der Waals surface area contributed by atoms with Crippen LogP contribution in [0.4, 0.5) is 32.6 Å². The molecule has 2 aromatic rings. The number of likely N-dealkylation sites (N-methyl/N-ethyl adjacent to an activating group) is 1. The van der Waals surface area contributed by atoms with Crippen molar-refractivity contribution < 1.29 is 36.6 Å². The van der Waals surface area contributed by atoms with E-state index in [1.807, 2.05) is 0 Å². The van der Waals surface area contributed by atoms with Gasteiger partial charge in [-0.05, 0) is 13.0 Å². The van der Waals surface area contributed by atoms with Gasteiger partial charge in [0.2, 0.25) is 0 Å². The molecule has 2 N–H and O–H groups in total. The number of urea groups is 1. The van der Waals surface area contributed by atoms with Crippen LogP contribution in [-0.2, 0) is 0 Å². The van der Waals surface area contributed by atoms with Crippen LogP contribution in [0.1, 0.15) is 6.92 Å². The molecule has 6 nitrogen and oxygen atoms in total. The topological polar surface area (TPSA) is 74.7 Å². The third kappa shape index (κ3) is 6.05. The molecule has 1 aromatic carbocycles. The van der Waals surface area contributed by atoms with Crippen LogP contribution >= 0.6 is 0 Å². The number of carbonyl (C=O) groups is 1. The van der Waals surface area contributed by atoms with E-state index in [2.05, 4.69) is 10.3 Å². The summed E-state index contributed by atoms with van der Waals surface area (Å²) in [4.78, 5) is 16.7. The second kappa shape index (κ2) is 8.83. The third-order valence-corrected chi connectivity index (χ3v) is 3.48. The predicted molar refractivity (Wildman–Crippen MR) is 89.0 cm³/mol. The molecule has 0 saturated carbocycles. The predicted octanol–water partition coefficient (Wildman–Crippen LogP) is 3.93. The minimum absolute atomic E-state index is 0.0701. The molecule has 0 aliphatic rings. The van der Waals surface area contributed by atoms with Crippen molar-refractivity contribution in [2.24, 2.45) is 0 Å². The Hall–Kier alpha value is -2.95. The Bertz CT molecular complexity index is 812. The molecule has 28 heavy (non-hydrogen) atoms. The number of pyridine rings is 1. The molecule has 0 bridgehead atoms. The Kier molecular flexibility index (Phi) is 6.73. The van der Waals surface area contributed by atoms with Crippen molar-refractivity contribution in [2.45, 2.75) is 19.2 Å². The Labute approximate surface area is 156 Å². The van der Waals surface area contributed by atoms with Crippen LogP contribution in [0.3, 0.4) is 0 Å². The van der Waals surface area contributed by atoms with Gasteiger partial charge in [-0.1, -0.05) is 0 Å². The Balaban J connectivity index is 2.07. The maximum atomic E-state index is 13.2. The van der Waals surface area contributed by atoms with Gasteiger partial charge in [0.15, 0.2) is 6.10 Å². The number of aliphatic hydroxyl groups excluding tert-OH is 1. The number of hydrogen-bond donors (Lipinski definition) is 2. The first kappa shape index (κ1) is 21.4. The maximum Gasteiger partial charge on any atom is 0.416 e. The monoisotopic (exact) mass is 405 g/mol. The number of anilines is 1. The molecule has 1 heterocycles. The number of carbonyl (C=O) groups excluding carboxylic acids is 1. The van der Waals surface area contributed by atoms with Crippen molar-refractivity contribution in [3.05, 3.63) is 48.2 Å². The summed E-state index contributed by atoms with van der Waals surface area (Å²) in [6.45, 7) is 0.385. The van der Waals surface area contributed by atoms with E-state index in [-0.39, 0.29) is 23.9 Å². The van der Waals surface area contributed by atoms with Crippen LogP contribution in [0.15, 0.2) is 36.5 Å². The van der Waals surface area contributed by atoms with E-state index >= 15 is 0 Å². The number of halogens is 5. The molecule has 2 rings (SSSR count). The van der Waals surface area contributed by atoms with E-state index in [9.17, 15) is 26.7 Å². The van der Waals surface area contributed by atoms with Crippen LogP contribution < -0.4 is 10.1 Å². The molecule has 0 radical (unpaired) electrons. The molecule has 0 aliphatic carbocycles. The fourth-order valence-corrected chi connectivity index (χ4v) is 2.12. The molecule has 0 fully saturated rings. The van der Waals surface area contributed by atoms with Gasteiger partial charge >= 0.3 is 12.2 Å². The number of ether oxygens (including phenoxy) is 1. The lowest BCUT2D eigenvalue weighted by Crippen LogP contribution is -2.45. The summed E-state index contributed by atoms with van der Waals surface area (Å²) in [5.74, 6) is -1.82. The number of nitrogens with one attached hydrogen (secondary N) is 1. The molecule has 1 aromatic heterocycles. The molecule has 152 valence electrons. The average Bonchev–Trinajstić information content (AvgIpc) is 2.57. The van der Waals surface area contributed by atoms with Crippen LogP contribution in [0.5, 0.6) is 11.5 Å². The quantitative estimate of drug-likeness (QED) is 0.715. The highest BCUT2D eigenvalue weighted by molar-refractivity contribution is 5.88. The van der Waals surface area contributed by atoms with Crippen molar-refractivity contribution in [2.75, 3.05) is 18.4 Å². The molecule has 1 atom stereocenters. The number of hydrogen-bond acceptors (Lipinski definition) is 4. The van der Waals surface area contributed by atoms with Gasteiger partial charge in [-0.2, -0.15) is 13.2 Å². The van der Waals surface area contributed by atoms with Crippen molar-refractivity contribution in [3.63, 3.8) is 0 Å². The first-order valence-electron chi connectivity index (χ1n) is 7.99. The molecule has 0 saturated heterocycles. The summed E-state index contributed by atoms with van der Waals surface area (Å²) in [6, 6.07) is 4.20.